The van der Waals surface area contributed by atoms with E-state index in [-0.39, 0.29) is 0 Å². The van der Waals surface area contributed by atoms with Gasteiger partial charge in [0.15, 0.2) is 0 Å². The molecule has 0 saturated carbocycles. The summed E-state index contributed by atoms with van der Waals surface area (Å²) in [5.74, 6) is -0.0523. The van der Waals surface area contributed by atoms with Crippen LogP contribution in [0.25, 0.3) is 12.2 Å². The number of carboxylic acids is 1. The van der Waals surface area contributed by atoms with Gasteiger partial charge >= 0.3 is 5.97 Å². The fourth-order valence-electron chi connectivity index (χ4n) is 3.05. The first-order chi connectivity index (χ1) is 14.1. The summed E-state index contributed by atoms with van der Waals surface area (Å²) in [7, 11) is 0. The third kappa shape index (κ3) is 6.22. The van der Waals surface area contributed by atoms with Gasteiger partial charge in [-0.3, -0.25) is 0 Å². The van der Waals surface area contributed by atoms with E-state index in [0.717, 1.165) is 46.1 Å². The number of rotatable bonds is 8. The van der Waals surface area contributed by atoms with E-state index in [0.29, 0.717) is 6.61 Å². The lowest BCUT2D eigenvalue weighted by Crippen LogP contribution is -1.98. The molecular weight excluding hydrogens is 360 g/mol. The van der Waals surface area contributed by atoms with Crippen molar-refractivity contribution in [2.45, 2.75) is 20.0 Å². The van der Waals surface area contributed by atoms with E-state index < -0.39 is 5.97 Å². The van der Waals surface area contributed by atoms with Gasteiger partial charge in [-0.1, -0.05) is 84.9 Å². The minimum Gasteiger partial charge on any atom is -0.488 e. The van der Waals surface area contributed by atoms with Gasteiger partial charge in [0.2, 0.25) is 0 Å². The Hall–Kier alpha value is -3.59. The summed E-state index contributed by atoms with van der Waals surface area (Å²) < 4.78 is 6.11. The molecule has 0 amide bonds. The Bertz CT molecular complexity index is 1020. The lowest BCUT2D eigenvalue weighted by atomic mass is 10.1. The van der Waals surface area contributed by atoms with E-state index >= 15 is 0 Å². The molecule has 0 unspecified atom stereocenters. The predicted molar refractivity (Wildman–Crippen MR) is 118 cm³/mol. The van der Waals surface area contributed by atoms with E-state index in [4.69, 9.17) is 9.84 Å². The highest BCUT2D eigenvalue weighted by atomic mass is 16.5. The second kappa shape index (κ2) is 10.1. The molecule has 0 aliphatic rings. The van der Waals surface area contributed by atoms with Gasteiger partial charge in [-0.15, -0.1) is 0 Å². The normalized spacial score (nSPS) is 11.2. The Morgan fingerprint density at radius 2 is 1.69 bits per heavy atom. The molecule has 0 heterocycles. The average molecular weight is 384 g/mol. The molecule has 3 rings (SSSR count). The number of ether oxygens (including phenoxy) is 1. The minimum atomic E-state index is -0.947. The number of carboxylic acid groups (broad SMARTS) is 1. The van der Waals surface area contributed by atoms with E-state index in [1.165, 1.54) is 0 Å². The van der Waals surface area contributed by atoms with Crippen LogP contribution in [0.1, 0.15) is 27.8 Å². The van der Waals surface area contributed by atoms with Gasteiger partial charge in [-0.2, -0.15) is 0 Å². The second-order valence-corrected chi connectivity index (χ2v) is 6.79. The molecule has 0 fully saturated rings. The molecule has 3 nitrogen and oxygen atoms in total. The molecule has 3 heteroatoms. The first-order valence-electron chi connectivity index (χ1n) is 9.54. The SMILES string of the molecule is Cc1cccc(/C=C/Cc2cccc(/C=C/C(=O)O)c2)c1OCc1ccccc1. The largest absolute Gasteiger partial charge is 0.488 e. The Labute approximate surface area is 171 Å². The van der Waals surface area contributed by atoms with Gasteiger partial charge in [0.05, 0.1) is 0 Å². The zero-order valence-electron chi connectivity index (χ0n) is 16.4. The van der Waals surface area contributed by atoms with E-state index in [9.17, 15) is 4.79 Å². The molecule has 0 bridgehead atoms. The molecule has 0 saturated heterocycles. The molecular formula is C26H24O3. The number of carbonyl (C=O) groups is 1. The first-order valence-corrected chi connectivity index (χ1v) is 9.54. The van der Waals surface area contributed by atoms with Crippen LogP contribution in [0.2, 0.25) is 0 Å². The molecule has 146 valence electrons. The van der Waals surface area contributed by atoms with E-state index in [2.05, 4.69) is 43.3 Å². The zero-order chi connectivity index (χ0) is 20.5. The summed E-state index contributed by atoms with van der Waals surface area (Å²) in [6.07, 6.45) is 7.68. The number of allylic oxidation sites excluding steroid dienone is 1. The molecule has 3 aromatic carbocycles. The maximum absolute atomic E-state index is 10.7. The topological polar surface area (TPSA) is 46.5 Å². The van der Waals surface area contributed by atoms with Crippen molar-refractivity contribution in [2.75, 3.05) is 0 Å². The van der Waals surface area contributed by atoms with Crippen molar-refractivity contribution in [1.82, 2.24) is 0 Å². The average Bonchev–Trinajstić information content (AvgIpc) is 2.73. The van der Waals surface area contributed by atoms with Crippen LogP contribution in [-0.4, -0.2) is 11.1 Å². The molecule has 1 N–H and O–H groups in total. The summed E-state index contributed by atoms with van der Waals surface area (Å²) >= 11 is 0. The highest BCUT2D eigenvalue weighted by molar-refractivity contribution is 5.85. The molecule has 0 atom stereocenters. The molecule has 0 spiro atoms. The third-order valence-electron chi connectivity index (χ3n) is 4.49. The standard InChI is InChI=1S/C26H24O3/c1-20-8-5-14-24(26(20)29-19-23-9-3-2-4-10-23)15-7-13-21-11-6-12-22(18-21)16-17-25(27)28/h2-12,14-18H,13,19H2,1H3,(H,27,28)/b15-7+,17-16+. The number of para-hydroxylation sites is 1. The monoisotopic (exact) mass is 384 g/mol. The Kier molecular flexibility index (Phi) is 7.01. The zero-order valence-corrected chi connectivity index (χ0v) is 16.4. The molecule has 0 aliphatic carbocycles. The lowest BCUT2D eigenvalue weighted by Gasteiger charge is -2.12. The van der Waals surface area contributed by atoms with Crippen molar-refractivity contribution in [1.29, 1.82) is 0 Å². The highest BCUT2D eigenvalue weighted by Crippen LogP contribution is 2.26. The van der Waals surface area contributed by atoms with Crippen LogP contribution in [0.5, 0.6) is 5.75 Å². The lowest BCUT2D eigenvalue weighted by molar-refractivity contribution is -0.131. The highest BCUT2D eigenvalue weighted by Gasteiger charge is 2.05. The summed E-state index contributed by atoms with van der Waals surface area (Å²) in [6, 6.07) is 24.1. The fourth-order valence-corrected chi connectivity index (χ4v) is 3.05. The summed E-state index contributed by atoms with van der Waals surface area (Å²) in [5, 5.41) is 8.77. The van der Waals surface area contributed by atoms with Gasteiger partial charge in [0.1, 0.15) is 12.4 Å². The van der Waals surface area contributed by atoms with Gasteiger partial charge in [-0.25, -0.2) is 4.79 Å². The molecule has 29 heavy (non-hydrogen) atoms. The van der Waals surface area contributed by atoms with Gasteiger partial charge in [0.25, 0.3) is 0 Å². The maximum Gasteiger partial charge on any atom is 0.328 e. The van der Waals surface area contributed by atoms with Crippen LogP contribution in [0.15, 0.2) is 84.9 Å². The van der Waals surface area contributed by atoms with E-state index in [1.807, 2.05) is 48.5 Å². The quantitative estimate of drug-likeness (QED) is 0.490. The first kappa shape index (κ1) is 20.2. The smallest absolute Gasteiger partial charge is 0.328 e. The van der Waals surface area contributed by atoms with Crippen LogP contribution >= 0.6 is 0 Å². The molecule has 0 aliphatic heterocycles. The number of hydrogen-bond acceptors (Lipinski definition) is 2. The molecule has 0 aromatic heterocycles. The Morgan fingerprint density at radius 3 is 2.48 bits per heavy atom. The van der Waals surface area contributed by atoms with Gasteiger partial charge in [-0.05, 0) is 41.7 Å². The predicted octanol–water partition coefficient (Wildman–Crippen LogP) is 5.93. The fraction of sp³-hybridized carbons (Fsp3) is 0.115. The number of hydrogen-bond donors (Lipinski definition) is 1. The maximum atomic E-state index is 10.7. The third-order valence-corrected chi connectivity index (χ3v) is 4.49. The van der Waals surface area contributed by atoms with E-state index in [1.54, 1.807) is 6.08 Å². The van der Waals surface area contributed by atoms with Crippen LogP contribution < -0.4 is 4.74 Å². The van der Waals surface area contributed by atoms with Crippen LogP contribution in [0.3, 0.4) is 0 Å². The number of aliphatic carboxylic acids is 1. The van der Waals surface area contributed by atoms with Crippen molar-refractivity contribution in [3.05, 3.63) is 113 Å². The summed E-state index contributed by atoms with van der Waals surface area (Å²) in [6.45, 7) is 2.58. The Balaban J connectivity index is 1.70. The molecule has 3 aromatic rings. The summed E-state index contributed by atoms with van der Waals surface area (Å²) in [5.41, 5.74) is 5.28. The summed E-state index contributed by atoms with van der Waals surface area (Å²) in [4.78, 5) is 10.7. The van der Waals surface area contributed by atoms with Crippen LogP contribution in [-0.2, 0) is 17.8 Å². The van der Waals surface area contributed by atoms with Gasteiger partial charge in [0, 0.05) is 11.6 Å². The van der Waals surface area contributed by atoms with Crippen LogP contribution in [0, 0.1) is 6.92 Å². The van der Waals surface area contributed by atoms with Crippen molar-refractivity contribution < 1.29 is 14.6 Å². The van der Waals surface area contributed by atoms with Gasteiger partial charge < -0.3 is 9.84 Å². The van der Waals surface area contributed by atoms with Crippen molar-refractivity contribution in [3.63, 3.8) is 0 Å². The van der Waals surface area contributed by atoms with Crippen molar-refractivity contribution in [2.24, 2.45) is 0 Å². The van der Waals surface area contributed by atoms with Crippen LogP contribution in [0.4, 0.5) is 0 Å². The second-order valence-electron chi connectivity index (χ2n) is 6.79. The Morgan fingerprint density at radius 1 is 0.931 bits per heavy atom. The van der Waals surface area contributed by atoms with Crippen molar-refractivity contribution >= 4 is 18.1 Å². The number of aryl methyl sites for hydroxylation is 1. The number of benzene rings is 3. The molecule has 0 radical (unpaired) electrons. The van der Waals surface area contributed by atoms with Crippen molar-refractivity contribution in [3.8, 4) is 5.75 Å². The minimum absolute atomic E-state index is 0.532.